The number of hydrogen-bond donors (Lipinski definition) is 0. The first-order chi connectivity index (χ1) is 8.92. The third-order valence-electron chi connectivity index (χ3n) is 4.17. The van der Waals surface area contributed by atoms with Crippen LogP contribution in [0.4, 0.5) is 0 Å². The summed E-state index contributed by atoms with van der Waals surface area (Å²) >= 11 is 0. The van der Waals surface area contributed by atoms with Crippen molar-refractivity contribution in [3.05, 3.63) is 0 Å². The van der Waals surface area contributed by atoms with Gasteiger partial charge >= 0.3 is 0 Å². The molecule has 0 spiro atoms. The minimum Gasteiger partial charge on any atom is -0.384 e. The van der Waals surface area contributed by atoms with Crippen molar-refractivity contribution in [1.82, 2.24) is 8.61 Å². The third-order valence-corrected chi connectivity index (χ3v) is 6.06. The summed E-state index contributed by atoms with van der Waals surface area (Å²) in [5.74, 6) is 0. The molecule has 0 aromatic heterocycles. The minimum atomic E-state index is -3.35. The van der Waals surface area contributed by atoms with Crippen molar-refractivity contribution in [2.24, 2.45) is 5.41 Å². The summed E-state index contributed by atoms with van der Waals surface area (Å²) in [5.41, 5.74) is -0.186. The summed E-state index contributed by atoms with van der Waals surface area (Å²) in [7, 11) is 1.46. The average Bonchev–Trinajstić information content (AvgIpc) is 2.38. The molecular formula is C12H24N2O4S. The number of nitrogens with zero attached hydrogens (tertiary/aromatic N) is 2. The Bertz CT molecular complexity index is 408. The predicted molar refractivity (Wildman–Crippen MR) is 72.1 cm³/mol. The Kier molecular flexibility index (Phi) is 4.52. The van der Waals surface area contributed by atoms with E-state index in [1.807, 2.05) is 0 Å². The second-order valence-corrected chi connectivity index (χ2v) is 7.81. The molecule has 6 nitrogen and oxygen atoms in total. The monoisotopic (exact) mass is 292 g/mol. The van der Waals surface area contributed by atoms with Crippen LogP contribution in [-0.2, 0) is 19.7 Å². The number of hydrogen-bond acceptors (Lipinski definition) is 4. The van der Waals surface area contributed by atoms with Gasteiger partial charge in [-0.3, -0.25) is 0 Å². The summed E-state index contributed by atoms with van der Waals surface area (Å²) < 4.78 is 38.6. The van der Waals surface area contributed by atoms with E-state index in [4.69, 9.17) is 9.47 Å². The zero-order valence-corrected chi connectivity index (χ0v) is 12.8. The molecule has 2 fully saturated rings. The van der Waals surface area contributed by atoms with Crippen LogP contribution in [0.2, 0.25) is 0 Å². The normalized spacial score (nSPS) is 33.4. The van der Waals surface area contributed by atoms with Crippen molar-refractivity contribution < 1.29 is 17.9 Å². The van der Waals surface area contributed by atoms with Crippen molar-refractivity contribution in [3.63, 3.8) is 0 Å². The summed E-state index contributed by atoms with van der Waals surface area (Å²) in [4.78, 5) is 0. The van der Waals surface area contributed by atoms with Crippen LogP contribution in [0.5, 0.6) is 0 Å². The zero-order chi connectivity index (χ0) is 14.1. The predicted octanol–water partition coefficient (Wildman–Crippen LogP) is 0.310. The topological polar surface area (TPSA) is 59.1 Å². The van der Waals surface area contributed by atoms with E-state index < -0.39 is 10.2 Å². The molecule has 2 aliphatic heterocycles. The Morgan fingerprint density at radius 3 is 2.84 bits per heavy atom. The van der Waals surface area contributed by atoms with Gasteiger partial charge in [-0.15, -0.1) is 0 Å². The van der Waals surface area contributed by atoms with Crippen molar-refractivity contribution in [2.75, 3.05) is 47.5 Å². The lowest BCUT2D eigenvalue weighted by molar-refractivity contribution is -0.137. The number of ether oxygens (including phenoxy) is 2. The maximum atomic E-state index is 12.3. The van der Waals surface area contributed by atoms with Gasteiger partial charge < -0.3 is 9.47 Å². The van der Waals surface area contributed by atoms with Crippen molar-refractivity contribution in [3.8, 4) is 0 Å². The van der Waals surface area contributed by atoms with Gasteiger partial charge in [0, 0.05) is 46.3 Å². The number of fused-ring (bicyclic) bond motifs is 1. The van der Waals surface area contributed by atoms with Gasteiger partial charge in [-0.1, -0.05) is 0 Å². The molecule has 0 saturated carbocycles. The Hall–Kier alpha value is -0.210. The molecular weight excluding hydrogens is 268 g/mol. The highest BCUT2D eigenvalue weighted by Gasteiger charge is 2.48. The molecule has 2 heterocycles. The van der Waals surface area contributed by atoms with Crippen molar-refractivity contribution >= 4 is 10.2 Å². The first-order valence-electron chi connectivity index (χ1n) is 6.70. The molecule has 0 N–H and O–H groups in total. The summed E-state index contributed by atoms with van der Waals surface area (Å²) in [6, 6.07) is 0. The molecule has 0 unspecified atom stereocenters. The maximum absolute atomic E-state index is 12.3. The van der Waals surface area contributed by atoms with Crippen LogP contribution in [0.1, 0.15) is 19.3 Å². The third kappa shape index (κ3) is 2.80. The Balaban J connectivity index is 2.21. The van der Waals surface area contributed by atoms with Crippen LogP contribution < -0.4 is 0 Å². The SMILES string of the molecule is COC[C@@]12CCCO[C@@H]1CCN(S(=O)(=O)N(C)C)C2. The molecule has 0 radical (unpaired) electrons. The molecule has 2 atom stereocenters. The standard InChI is InChI=1S/C12H24N2O4S/c1-13(2)19(15,16)14-7-5-11-12(9-14,10-17-3)6-4-8-18-11/h11H,4-10H2,1-3H3/t11-,12+/m1/s1. The van der Waals surface area contributed by atoms with Crippen LogP contribution in [0.3, 0.4) is 0 Å². The van der Waals surface area contributed by atoms with E-state index in [-0.39, 0.29) is 11.5 Å². The largest absolute Gasteiger partial charge is 0.384 e. The fraction of sp³-hybridized carbons (Fsp3) is 1.00. The molecule has 0 amide bonds. The zero-order valence-electron chi connectivity index (χ0n) is 12.0. The second kappa shape index (κ2) is 5.65. The first-order valence-corrected chi connectivity index (χ1v) is 8.10. The van der Waals surface area contributed by atoms with Crippen molar-refractivity contribution in [1.29, 1.82) is 0 Å². The van der Waals surface area contributed by atoms with Gasteiger partial charge in [-0.25, -0.2) is 0 Å². The van der Waals surface area contributed by atoms with Gasteiger partial charge in [0.1, 0.15) is 0 Å². The molecule has 2 saturated heterocycles. The van der Waals surface area contributed by atoms with Crippen molar-refractivity contribution in [2.45, 2.75) is 25.4 Å². The average molecular weight is 292 g/mol. The van der Waals surface area contributed by atoms with E-state index in [2.05, 4.69) is 0 Å². The number of rotatable bonds is 4. The molecule has 2 rings (SSSR count). The lowest BCUT2D eigenvalue weighted by atomic mass is 9.73. The fourth-order valence-electron chi connectivity index (χ4n) is 3.18. The summed E-state index contributed by atoms with van der Waals surface area (Å²) in [6.45, 7) is 2.34. The second-order valence-electron chi connectivity index (χ2n) is 5.67. The molecule has 7 heteroatoms. The lowest BCUT2D eigenvalue weighted by Crippen LogP contribution is -2.59. The van der Waals surface area contributed by atoms with Gasteiger partial charge in [-0.2, -0.15) is 17.0 Å². The summed E-state index contributed by atoms with van der Waals surface area (Å²) in [6.07, 6.45) is 2.80. The lowest BCUT2D eigenvalue weighted by Gasteiger charge is -2.49. The smallest absolute Gasteiger partial charge is 0.281 e. The van der Waals surface area contributed by atoms with Gasteiger partial charge in [0.25, 0.3) is 10.2 Å². The highest BCUT2D eigenvalue weighted by atomic mass is 32.2. The van der Waals surface area contributed by atoms with Gasteiger partial charge in [0.05, 0.1) is 12.7 Å². The highest BCUT2D eigenvalue weighted by Crippen LogP contribution is 2.41. The quantitative estimate of drug-likeness (QED) is 0.748. The van der Waals surface area contributed by atoms with E-state index in [1.165, 1.54) is 4.31 Å². The maximum Gasteiger partial charge on any atom is 0.281 e. The Labute approximate surface area is 115 Å². The van der Waals surface area contributed by atoms with Crippen LogP contribution >= 0.6 is 0 Å². The van der Waals surface area contributed by atoms with Crippen LogP contribution in [-0.4, -0.2) is 70.6 Å². The molecule has 19 heavy (non-hydrogen) atoms. The fourth-order valence-corrected chi connectivity index (χ4v) is 4.39. The first kappa shape index (κ1) is 15.2. The molecule has 0 bridgehead atoms. The molecule has 112 valence electrons. The van der Waals surface area contributed by atoms with E-state index in [9.17, 15) is 8.42 Å². The van der Waals surface area contributed by atoms with Crippen LogP contribution in [0.15, 0.2) is 0 Å². The molecule has 0 aromatic carbocycles. The van der Waals surface area contributed by atoms with E-state index in [0.29, 0.717) is 19.7 Å². The minimum absolute atomic E-state index is 0.120. The Morgan fingerprint density at radius 2 is 2.21 bits per heavy atom. The van der Waals surface area contributed by atoms with Gasteiger partial charge in [0.15, 0.2) is 0 Å². The molecule has 0 aliphatic carbocycles. The van der Waals surface area contributed by atoms with Crippen LogP contribution in [0.25, 0.3) is 0 Å². The summed E-state index contributed by atoms with van der Waals surface area (Å²) in [5, 5.41) is 0. The van der Waals surface area contributed by atoms with E-state index in [0.717, 1.165) is 25.9 Å². The van der Waals surface area contributed by atoms with E-state index in [1.54, 1.807) is 25.5 Å². The van der Waals surface area contributed by atoms with Gasteiger partial charge in [0.2, 0.25) is 0 Å². The number of piperidine rings is 1. The molecule has 2 aliphatic rings. The van der Waals surface area contributed by atoms with Gasteiger partial charge in [-0.05, 0) is 19.3 Å². The number of methoxy groups -OCH3 is 1. The highest BCUT2D eigenvalue weighted by molar-refractivity contribution is 7.86. The Morgan fingerprint density at radius 1 is 1.47 bits per heavy atom. The van der Waals surface area contributed by atoms with E-state index >= 15 is 0 Å². The van der Waals surface area contributed by atoms with Crippen LogP contribution in [0, 0.1) is 5.41 Å². The molecule has 0 aromatic rings.